The van der Waals surface area contributed by atoms with Gasteiger partial charge in [-0.1, -0.05) is 71.6 Å². The van der Waals surface area contributed by atoms with Gasteiger partial charge in [0.05, 0.1) is 18.5 Å². The predicted molar refractivity (Wildman–Crippen MR) is 128 cm³/mol. The average Bonchev–Trinajstić information content (AvgIpc) is 2.81. The van der Waals surface area contributed by atoms with Crippen molar-refractivity contribution in [2.24, 2.45) is 0 Å². The molecule has 1 aromatic carbocycles. The zero-order chi connectivity index (χ0) is 22.2. The number of pyridine rings is 1. The van der Waals surface area contributed by atoms with Gasteiger partial charge in [0.2, 0.25) is 0 Å². The highest BCUT2D eigenvalue weighted by molar-refractivity contribution is 5.60. The molecule has 0 radical (unpaired) electrons. The van der Waals surface area contributed by atoms with Gasteiger partial charge in [0.25, 0.3) is 0 Å². The van der Waals surface area contributed by atoms with Crippen LogP contribution in [0.3, 0.4) is 0 Å². The molecule has 172 valence electrons. The molecule has 0 amide bonds. The first kappa shape index (κ1) is 25.2. The number of unbranched alkanes of at least 4 members (excludes halogenated alkanes) is 8. The van der Waals surface area contributed by atoms with Gasteiger partial charge < -0.3 is 9.47 Å². The van der Waals surface area contributed by atoms with E-state index in [4.69, 9.17) is 9.47 Å². The van der Waals surface area contributed by atoms with E-state index < -0.39 is 6.17 Å². The lowest BCUT2D eigenvalue weighted by Crippen LogP contribution is -2.12. The third kappa shape index (κ3) is 10.7. The van der Waals surface area contributed by atoms with E-state index in [-0.39, 0.29) is 6.61 Å². The van der Waals surface area contributed by atoms with Gasteiger partial charge in [0.1, 0.15) is 24.3 Å². The Morgan fingerprint density at radius 2 is 1.39 bits per heavy atom. The Labute approximate surface area is 188 Å². The molecule has 0 saturated heterocycles. The number of ether oxygens (including phenoxy) is 2. The van der Waals surface area contributed by atoms with E-state index in [1.54, 1.807) is 6.20 Å². The van der Waals surface area contributed by atoms with Crippen LogP contribution in [0, 0.1) is 0 Å². The van der Waals surface area contributed by atoms with Crippen molar-refractivity contribution in [3.63, 3.8) is 0 Å². The molecule has 1 unspecified atom stereocenters. The van der Waals surface area contributed by atoms with Crippen molar-refractivity contribution in [2.45, 2.75) is 90.6 Å². The summed E-state index contributed by atoms with van der Waals surface area (Å²) in [5, 5.41) is 0. The first-order valence-corrected chi connectivity index (χ1v) is 12.2. The summed E-state index contributed by atoms with van der Waals surface area (Å²) in [6, 6.07) is 11.8. The third-order valence-electron chi connectivity index (χ3n) is 5.45. The van der Waals surface area contributed by atoms with Crippen molar-refractivity contribution >= 4 is 0 Å². The minimum atomic E-state index is -0.916. The smallest absolute Gasteiger partial charge is 0.137 e. The van der Waals surface area contributed by atoms with E-state index in [0.29, 0.717) is 12.2 Å². The van der Waals surface area contributed by atoms with Crippen LogP contribution >= 0.6 is 0 Å². The van der Waals surface area contributed by atoms with Gasteiger partial charge >= 0.3 is 0 Å². The highest BCUT2D eigenvalue weighted by Crippen LogP contribution is 2.23. The monoisotopic (exact) mass is 429 g/mol. The zero-order valence-electron chi connectivity index (χ0n) is 19.5. The molecule has 0 bridgehead atoms. The van der Waals surface area contributed by atoms with E-state index in [1.165, 1.54) is 44.9 Å². The average molecular weight is 430 g/mol. The van der Waals surface area contributed by atoms with Crippen LogP contribution in [0.2, 0.25) is 0 Å². The summed E-state index contributed by atoms with van der Waals surface area (Å²) >= 11 is 0. The van der Waals surface area contributed by atoms with E-state index in [0.717, 1.165) is 42.9 Å². The van der Waals surface area contributed by atoms with Gasteiger partial charge in [-0.05, 0) is 49.2 Å². The molecule has 3 nitrogen and oxygen atoms in total. The van der Waals surface area contributed by atoms with Crippen LogP contribution < -0.4 is 9.47 Å². The van der Waals surface area contributed by atoms with Crippen molar-refractivity contribution in [2.75, 3.05) is 13.2 Å². The summed E-state index contributed by atoms with van der Waals surface area (Å²) in [7, 11) is 0. The van der Waals surface area contributed by atoms with Gasteiger partial charge in [-0.25, -0.2) is 4.39 Å². The van der Waals surface area contributed by atoms with Crippen molar-refractivity contribution < 1.29 is 13.9 Å². The maximum Gasteiger partial charge on any atom is 0.137 e. The van der Waals surface area contributed by atoms with Crippen LogP contribution in [-0.4, -0.2) is 24.4 Å². The van der Waals surface area contributed by atoms with Crippen molar-refractivity contribution in [3.8, 4) is 22.8 Å². The quantitative estimate of drug-likeness (QED) is 0.238. The van der Waals surface area contributed by atoms with Crippen LogP contribution in [0.25, 0.3) is 11.3 Å². The molecule has 0 N–H and O–H groups in total. The third-order valence-corrected chi connectivity index (χ3v) is 5.45. The molecule has 0 spiro atoms. The largest absolute Gasteiger partial charge is 0.494 e. The molecule has 0 aliphatic heterocycles. The first-order valence-electron chi connectivity index (χ1n) is 12.2. The van der Waals surface area contributed by atoms with E-state index in [1.807, 2.05) is 36.4 Å². The Hall–Kier alpha value is -2.10. The minimum Gasteiger partial charge on any atom is -0.494 e. The maximum absolute atomic E-state index is 13.9. The molecular formula is C27H40FNO2. The lowest BCUT2D eigenvalue weighted by Gasteiger charge is -2.11. The normalized spacial score (nSPS) is 12.0. The standard InChI is InChI=1S/C27H40FNO2/c1-3-5-7-9-10-12-20-30-25-16-14-23(15-17-25)27-19-18-26(21-29-27)31-22-24(28)13-11-8-6-4-2/h14-19,21,24H,3-13,20,22H2,1-2H3. The Bertz CT molecular complexity index is 687. The number of rotatable bonds is 17. The fraction of sp³-hybridized carbons (Fsp3) is 0.593. The molecule has 2 aromatic rings. The molecule has 2 rings (SSSR count). The molecule has 0 aliphatic carbocycles. The Morgan fingerprint density at radius 3 is 2.06 bits per heavy atom. The molecule has 4 heteroatoms. The number of alkyl halides is 1. The lowest BCUT2D eigenvalue weighted by molar-refractivity contribution is 0.183. The van der Waals surface area contributed by atoms with Crippen LogP contribution in [-0.2, 0) is 0 Å². The lowest BCUT2D eigenvalue weighted by atomic mass is 10.1. The Morgan fingerprint density at radius 1 is 0.742 bits per heavy atom. The number of halogens is 1. The molecule has 0 fully saturated rings. The fourth-order valence-corrected chi connectivity index (χ4v) is 3.49. The zero-order valence-corrected chi connectivity index (χ0v) is 19.5. The first-order chi connectivity index (χ1) is 15.2. The molecular weight excluding hydrogens is 389 g/mol. The molecule has 0 saturated carbocycles. The second-order valence-corrected chi connectivity index (χ2v) is 8.28. The minimum absolute atomic E-state index is 0.0950. The van der Waals surface area contributed by atoms with Crippen molar-refractivity contribution in [1.82, 2.24) is 4.98 Å². The molecule has 1 atom stereocenters. The second kappa shape index (κ2) is 15.7. The number of aromatic nitrogens is 1. The van der Waals surface area contributed by atoms with Crippen molar-refractivity contribution in [1.29, 1.82) is 0 Å². The number of hydrogen-bond donors (Lipinski definition) is 0. The van der Waals surface area contributed by atoms with E-state index in [9.17, 15) is 4.39 Å². The van der Waals surface area contributed by atoms with E-state index >= 15 is 0 Å². The van der Waals surface area contributed by atoms with E-state index in [2.05, 4.69) is 18.8 Å². The van der Waals surface area contributed by atoms with Crippen LogP contribution in [0.1, 0.15) is 84.5 Å². The topological polar surface area (TPSA) is 31.4 Å². The highest BCUT2D eigenvalue weighted by atomic mass is 19.1. The number of benzene rings is 1. The number of hydrogen-bond acceptors (Lipinski definition) is 3. The van der Waals surface area contributed by atoms with Gasteiger partial charge in [-0.3, -0.25) is 4.98 Å². The maximum atomic E-state index is 13.9. The Balaban J connectivity index is 1.69. The fourth-order valence-electron chi connectivity index (χ4n) is 3.49. The second-order valence-electron chi connectivity index (χ2n) is 8.28. The Kier molecular flexibility index (Phi) is 12.7. The van der Waals surface area contributed by atoms with Crippen LogP contribution in [0.5, 0.6) is 11.5 Å². The molecule has 1 aromatic heterocycles. The van der Waals surface area contributed by atoms with Crippen LogP contribution in [0.15, 0.2) is 42.6 Å². The summed E-state index contributed by atoms with van der Waals surface area (Å²) in [5.41, 5.74) is 1.89. The number of nitrogens with zero attached hydrogens (tertiary/aromatic N) is 1. The predicted octanol–water partition coefficient (Wildman–Crippen LogP) is 8.18. The summed E-state index contributed by atoms with van der Waals surface area (Å²) in [6.45, 7) is 5.26. The summed E-state index contributed by atoms with van der Waals surface area (Å²) < 4.78 is 25.3. The summed E-state index contributed by atoms with van der Waals surface area (Å²) in [4.78, 5) is 4.47. The van der Waals surface area contributed by atoms with Gasteiger partial charge in [0.15, 0.2) is 0 Å². The molecule has 31 heavy (non-hydrogen) atoms. The van der Waals surface area contributed by atoms with Crippen LogP contribution in [0.4, 0.5) is 4.39 Å². The summed E-state index contributed by atoms with van der Waals surface area (Å²) in [6.07, 6.45) is 13.3. The van der Waals surface area contributed by atoms with Crippen molar-refractivity contribution in [3.05, 3.63) is 42.6 Å². The summed E-state index contributed by atoms with van der Waals surface area (Å²) in [5.74, 6) is 1.50. The van der Waals surface area contributed by atoms with Gasteiger partial charge in [0, 0.05) is 5.56 Å². The SMILES string of the molecule is CCCCCCCCOc1ccc(-c2ccc(OCC(F)CCCCCC)cn2)cc1. The van der Waals surface area contributed by atoms with Gasteiger partial charge in [-0.2, -0.15) is 0 Å². The van der Waals surface area contributed by atoms with Gasteiger partial charge in [-0.15, -0.1) is 0 Å². The molecule has 0 aliphatic rings. The molecule has 1 heterocycles. The highest BCUT2D eigenvalue weighted by Gasteiger charge is 2.08.